The van der Waals surface area contributed by atoms with Crippen LogP contribution in [0.4, 0.5) is 9.93 Å². The van der Waals surface area contributed by atoms with Crippen LogP contribution in [0.3, 0.4) is 0 Å². The number of rotatable bonds is 7. The van der Waals surface area contributed by atoms with E-state index in [9.17, 15) is 14.4 Å². The number of nitrogens with one attached hydrogen (secondary N) is 3. The van der Waals surface area contributed by atoms with E-state index in [1.807, 2.05) is 11.8 Å². The quantitative estimate of drug-likeness (QED) is 0.368. The van der Waals surface area contributed by atoms with Crippen molar-refractivity contribution in [1.82, 2.24) is 15.6 Å². The van der Waals surface area contributed by atoms with Gasteiger partial charge in [0, 0.05) is 17.4 Å². The van der Waals surface area contributed by atoms with Gasteiger partial charge in [0.2, 0.25) is 5.91 Å². The zero-order valence-electron chi connectivity index (χ0n) is 14.7. The summed E-state index contributed by atoms with van der Waals surface area (Å²) < 4.78 is 4.69. The fourth-order valence-corrected chi connectivity index (χ4v) is 5.63. The van der Waals surface area contributed by atoms with E-state index in [0.29, 0.717) is 27.4 Å². The molecule has 0 spiro atoms. The van der Waals surface area contributed by atoms with Crippen LogP contribution in [0, 0.1) is 6.92 Å². The number of unbranched alkanes of at least 4 members (excludes halogenated alkanes) is 1. The van der Waals surface area contributed by atoms with Crippen molar-refractivity contribution in [2.24, 2.45) is 0 Å². The summed E-state index contributed by atoms with van der Waals surface area (Å²) in [5.74, 6) is 0.393. The second kappa shape index (κ2) is 8.26. The monoisotopic (exact) mass is 398 g/mol. The molecule has 0 bridgehead atoms. The molecule has 2 saturated heterocycles. The number of carbonyl (C=O) groups excluding carboxylic acids is 3. The SMILES string of the molecule is COC(=O)c1sc(NC(=O)CCCC[C@@H]2SC[C@@H]3NC(=O)N[C@@H]32)nc1C. The van der Waals surface area contributed by atoms with Gasteiger partial charge in [0.1, 0.15) is 4.88 Å². The topological polar surface area (TPSA) is 109 Å². The molecule has 3 heterocycles. The molecule has 1 aromatic heterocycles. The highest BCUT2D eigenvalue weighted by molar-refractivity contribution is 8.00. The lowest BCUT2D eigenvalue weighted by molar-refractivity contribution is -0.116. The van der Waals surface area contributed by atoms with E-state index < -0.39 is 5.97 Å². The maximum atomic E-state index is 12.1. The van der Waals surface area contributed by atoms with Crippen LogP contribution < -0.4 is 16.0 Å². The normalized spacial score (nSPS) is 23.9. The van der Waals surface area contributed by atoms with Crippen LogP contribution in [-0.2, 0) is 9.53 Å². The summed E-state index contributed by atoms with van der Waals surface area (Å²) in [5, 5.41) is 9.47. The molecule has 3 rings (SSSR count). The van der Waals surface area contributed by atoms with E-state index in [0.717, 1.165) is 36.4 Å². The number of amides is 3. The van der Waals surface area contributed by atoms with Crippen molar-refractivity contribution >= 4 is 46.1 Å². The number of aryl methyl sites for hydroxylation is 1. The molecule has 142 valence electrons. The van der Waals surface area contributed by atoms with Crippen molar-refractivity contribution in [3.05, 3.63) is 10.6 Å². The number of anilines is 1. The van der Waals surface area contributed by atoms with Crippen LogP contribution >= 0.6 is 23.1 Å². The Morgan fingerprint density at radius 3 is 2.92 bits per heavy atom. The Kier molecular flexibility index (Phi) is 6.02. The Balaban J connectivity index is 1.38. The number of methoxy groups -OCH3 is 1. The second-order valence-corrected chi connectivity index (χ2v) is 8.61. The summed E-state index contributed by atoms with van der Waals surface area (Å²) in [4.78, 5) is 39.6. The molecule has 8 nitrogen and oxygen atoms in total. The zero-order chi connectivity index (χ0) is 18.7. The molecule has 3 atom stereocenters. The number of ether oxygens (including phenoxy) is 1. The van der Waals surface area contributed by atoms with E-state index in [2.05, 4.69) is 25.7 Å². The molecule has 0 aliphatic carbocycles. The molecule has 2 fully saturated rings. The first-order valence-electron chi connectivity index (χ1n) is 8.52. The van der Waals surface area contributed by atoms with Crippen molar-refractivity contribution in [3.63, 3.8) is 0 Å². The standard InChI is InChI=1S/C16H22N4O4S2/c1-8-13(14(22)24-2)26-16(17-8)19-11(21)6-4-3-5-10-12-9(7-25-10)18-15(23)20-12/h9-10,12H,3-7H2,1-2H3,(H,17,19,21)(H2,18,20,23)/t9-,10-,12-/m0/s1. The molecular formula is C16H22N4O4S2. The third-order valence-electron chi connectivity index (χ3n) is 4.49. The Hall–Kier alpha value is -1.81. The van der Waals surface area contributed by atoms with Gasteiger partial charge in [-0.25, -0.2) is 14.6 Å². The molecule has 26 heavy (non-hydrogen) atoms. The number of thiazole rings is 1. The first-order chi connectivity index (χ1) is 12.5. The van der Waals surface area contributed by atoms with Crippen molar-refractivity contribution in [2.45, 2.75) is 49.9 Å². The van der Waals surface area contributed by atoms with Gasteiger partial charge < -0.3 is 20.7 Å². The summed E-state index contributed by atoms with van der Waals surface area (Å²) >= 11 is 3.00. The second-order valence-electron chi connectivity index (χ2n) is 6.34. The predicted octanol–water partition coefficient (Wildman–Crippen LogP) is 1.90. The highest BCUT2D eigenvalue weighted by Crippen LogP contribution is 2.33. The molecular weight excluding hydrogens is 376 g/mol. The van der Waals surface area contributed by atoms with E-state index in [-0.39, 0.29) is 24.0 Å². The van der Waals surface area contributed by atoms with Crippen molar-refractivity contribution < 1.29 is 19.1 Å². The van der Waals surface area contributed by atoms with Gasteiger partial charge >= 0.3 is 12.0 Å². The summed E-state index contributed by atoms with van der Waals surface area (Å²) in [6.45, 7) is 1.71. The van der Waals surface area contributed by atoms with Crippen molar-refractivity contribution in [2.75, 3.05) is 18.2 Å². The van der Waals surface area contributed by atoms with E-state index in [4.69, 9.17) is 0 Å². The predicted molar refractivity (Wildman–Crippen MR) is 101 cm³/mol. The molecule has 3 N–H and O–H groups in total. The number of urea groups is 1. The molecule has 0 radical (unpaired) electrons. The minimum absolute atomic E-state index is 0.0743. The van der Waals surface area contributed by atoms with Crippen molar-refractivity contribution in [3.8, 4) is 0 Å². The fourth-order valence-electron chi connectivity index (χ4n) is 3.19. The largest absolute Gasteiger partial charge is 0.465 e. The van der Waals surface area contributed by atoms with Gasteiger partial charge in [0.05, 0.1) is 24.9 Å². The fraction of sp³-hybridized carbons (Fsp3) is 0.625. The lowest BCUT2D eigenvalue weighted by Crippen LogP contribution is -2.36. The maximum Gasteiger partial charge on any atom is 0.350 e. The van der Waals surface area contributed by atoms with Crippen LogP contribution in [0.25, 0.3) is 0 Å². The van der Waals surface area contributed by atoms with Crippen LogP contribution in [0.15, 0.2) is 0 Å². The number of hydrogen-bond donors (Lipinski definition) is 3. The number of esters is 1. The van der Waals surface area contributed by atoms with Gasteiger partial charge in [0.15, 0.2) is 5.13 Å². The molecule has 2 aliphatic heterocycles. The van der Waals surface area contributed by atoms with Crippen molar-refractivity contribution in [1.29, 1.82) is 0 Å². The first kappa shape index (κ1) is 19.0. The van der Waals surface area contributed by atoms with Gasteiger partial charge in [-0.1, -0.05) is 17.8 Å². The van der Waals surface area contributed by atoms with E-state index in [1.54, 1.807) is 6.92 Å². The maximum absolute atomic E-state index is 12.1. The third-order valence-corrected chi connectivity index (χ3v) is 7.06. The Bertz CT molecular complexity index is 708. The number of carbonyl (C=O) groups is 3. The van der Waals surface area contributed by atoms with Gasteiger partial charge in [-0.2, -0.15) is 11.8 Å². The summed E-state index contributed by atoms with van der Waals surface area (Å²) in [6.07, 6.45) is 3.08. The van der Waals surface area contributed by atoms with Gasteiger partial charge in [-0.05, 0) is 19.8 Å². The Labute approximate surface area is 159 Å². The van der Waals surface area contributed by atoms with Gasteiger partial charge in [0.25, 0.3) is 0 Å². The summed E-state index contributed by atoms with van der Waals surface area (Å²) in [7, 11) is 1.32. The Morgan fingerprint density at radius 2 is 2.15 bits per heavy atom. The van der Waals surface area contributed by atoms with Crippen LogP contribution in [0.2, 0.25) is 0 Å². The molecule has 1 aromatic rings. The van der Waals surface area contributed by atoms with Gasteiger partial charge in [-0.3, -0.25) is 4.79 Å². The molecule has 0 saturated carbocycles. The third kappa shape index (κ3) is 4.29. The average Bonchev–Trinajstić information content (AvgIpc) is 3.25. The highest BCUT2D eigenvalue weighted by atomic mass is 32.2. The minimum Gasteiger partial charge on any atom is -0.465 e. The van der Waals surface area contributed by atoms with Crippen LogP contribution in [0.5, 0.6) is 0 Å². The summed E-state index contributed by atoms with van der Waals surface area (Å²) in [5.41, 5.74) is 0.553. The number of thioether (sulfide) groups is 1. The number of fused-ring (bicyclic) bond motifs is 1. The lowest BCUT2D eigenvalue weighted by Gasteiger charge is -2.16. The van der Waals surface area contributed by atoms with Crippen LogP contribution in [-0.4, -0.2) is 53.1 Å². The van der Waals surface area contributed by atoms with Crippen LogP contribution in [0.1, 0.15) is 41.0 Å². The number of nitrogens with zero attached hydrogens (tertiary/aromatic N) is 1. The number of aromatic nitrogens is 1. The molecule has 2 aliphatic rings. The average molecular weight is 399 g/mol. The van der Waals surface area contributed by atoms with Gasteiger partial charge in [-0.15, -0.1) is 0 Å². The molecule has 3 amide bonds. The highest BCUT2D eigenvalue weighted by Gasteiger charge is 2.42. The minimum atomic E-state index is -0.443. The molecule has 0 unspecified atom stereocenters. The number of hydrogen-bond acceptors (Lipinski definition) is 7. The zero-order valence-corrected chi connectivity index (χ0v) is 16.3. The smallest absolute Gasteiger partial charge is 0.350 e. The molecule has 0 aromatic carbocycles. The summed E-state index contributed by atoms with van der Waals surface area (Å²) in [6, 6.07) is 0.365. The lowest BCUT2D eigenvalue weighted by atomic mass is 10.0. The molecule has 10 heteroatoms. The van der Waals surface area contributed by atoms with E-state index in [1.165, 1.54) is 7.11 Å². The van der Waals surface area contributed by atoms with E-state index >= 15 is 0 Å². The first-order valence-corrected chi connectivity index (χ1v) is 10.4. The Morgan fingerprint density at radius 1 is 1.35 bits per heavy atom.